The van der Waals surface area contributed by atoms with E-state index in [0.717, 1.165) is 0 Å². The molecule has 3 rings (SSSR count). The minimum Gasteiger partial charge on any atom is -0.309 e. The lowest BCUT2D eigenvalue weighted by molar-refractivity contribution is -0.122. The molecule has 2 heterocycles. The highest BCUT2D eigenvalue weighted by Crippen LogP contribution is 2.28. The topological polar surface area (TPSA) is 62.3 Å². The van der Waals surface area contributed by atoms with Gasteiger partial charge in [0.15, 0.2) is 5.13 Å². The normalized spacial score (nSPS) is 18.0. The number of benzene rings is 1. The predicted octanol–water partition coefficient (Wildman–Crippen LogP) is 2.27. The van der Waals surface area contributed by atoms with Crippen LogP contribution < -0.4 is 10.2 Å². The van der Waals surface area contributed by atoms with Crippen molar-refractivity contribution in [1.29, 1.82) is 0 Å². The van der Waals surface area contributed by atoms with Crippen LogP contribution in [0.3, 0.4) is 0 Å². The van der Waals surface area contributed by atoms with E-state index in [1.165, 1.54) is 28.4 Å². The Kier molecular flexibility index (Phi) is 3.66. The summed E-state index contributed by atoms with van der Waals surface area (Å²) < 4.78 is 13.7. The number of nitrogens with one attached hydrogen (secondary N) is 1. The molecule has 1 aliphatic heterocycles. The number of thiazole rings is 1. The van der Waals surface area contributed by atoms with Crippen LogP contribution in [0.5, 0.6) is 0 Å². The zero-order valence-electron chi connectivity index (χ0n) is 11.0. The fourth-order valence-electron chi connectivity index (χ4n) is 2.28. The number of carbonyl (C=O) groups is 2. The minimum absolute atomic E-state index is 0.0749. The molecule has 7 heteroatoms. The molecule has 2 aromatic rings. The first-order valence-electron chi connectivity index (χ1n) is 6.40. The van der Waals surface area contributed by atoms with Crippen molar-refractivity contribution in [3.05, 3.63) is 41.7 Å². The van der Waals surface area contributed by atoms with E-state index in [9.17, 15) is 14.0 Å². The molecule has 0 aliphatic carbocycles. The number of hydrogen-bond donors (Lipinski definition) is 1. The van der Waals surface area contributed by atoms with Gasteiger partial charge in [-0.1, -0.05) is 12.1 Å². The van der Waals surface area contributed by atoms with Crippen LogP contribution in [0.25, 0.3) is 0 Å². The van der Waals surface area contributed by atoms with Gasteiger partial charge in [0, 0.05) is 24.5 Å². The van der Waals surface area contributed by atoms with Crippen molar-refractivity contribution >= 4 is 34.0 Å². The fourth-order valence-corrected chi connectivity index (χ4v) is 2.81. The highest BCUT2D eigenvalue weighted by atomic mass is 32.1. The number of anilines is 2. The molecule has 1 fully saturated rings. The Morgan fingerprint density at radius 2 is 2.24 bits per heavy atom. The summed E-state index contributed by atoms with van der Waals surface area (Å²) in [5.41, 5.74) is 0.215. The van der Waals surface area contributed by atoms with Crippen molar-refractivity contribution in [3.8, 4) is 0 Å². The molecule has 1 aromatic heterocycles. The van der Waals surface area contributed by atoms with Gasteiger partial charge >= 0.3 is 0 Å². The van der Waals surface area contributed by atoms with Gasteiger partial charge in [-0.25, -0.2) is 9.37 Å². The van der Waals surface area contributed by atoms with E-state index < -0.39 is 11.7 Å². The molecule has 0 bridgehead atoms. The highest BCUT2D eigenvalue weighted by Gasteiger charge is 2.36. The molecule has 5 nitrogen and oxygen atoms in total. The number of rotatable bonds is 3. The Morgan fingerprint density at radius 1 is 1.43 bits per heavy atom. The standard InChI is InChI=1S/C14H12FN3O2S/c15-10-3-1-2-4-11(10)18-8-9(7-12(18)19)13(20)17-14-16-5-6-21-14/h1-6,9H,7-8H2,(H,16,17,20)/t9-/m0/s1. The second-order valence-corrected chi connectivity index (χ2v) is 5.58. The second-order valence-electron chi connectivity index (χ2n) is 4.68. The molecule has 1 N–H and O–H groups in total. The van der Waals surface area contributed by atoms with Crippen molar-refractivity contribution in [2.75, 3.05) is 16.8 Å². The van der Waals surface area contributed by atoms with Crippen LogP contribution in [0, 0.1) is 11.7 Å². The Bertz CT molecular complexity index is 675. The van der Waals surface area contributed by atoms with Gasteiger partial charge in [0.25, 0.3) is 0 Å². The van der Waals surface area contributed by atoms with Crippen LogP contribution >= 0.6 is 11.3 Å². The number of hydrogen-bond acceptors (Lipinski definition) is 4. The largest absolute Gasteiger partial charge is 0.309 e. The van der Waals surface area contributed by atoms with E-state index in [4.69, 9.17) is 0 Å². The first kappa shape index (κ1) is 13.7. The Labute approximate surface area is 124 Å². The summed E-state index contributed by atoms with van der Waals surface area (Å²) in [4.78, 5) is 29.4. The van der Waals surface area contributed by atoms with Crippen molar-refractivity contribution in [2.45, 2.75) is 6.42 Å². The van der Waals surface area contributed by atoms with Crippen LogP contribution in [0.4, 0.5) is 15.2 Å². The molecular formula is C14H12FN3O2S. The zero-order chi connectivity index (χ0) is 14.8. The number of amides is 2. The molecule has 0 spiro atoms. The Balaban J connectivity index is 1.73. The molecule has 21 heavy (non-hydrogen) atoms. The van der Waals surface area contributed by atoms with Crippen LogP contribution in [0.1, 0.15) is 6.42 Å². The van der Waals surface area contributed by atoms with E-state index in [1.54, 1.807) is 23.7 Å². The van der Waals surface area contributed by atoms with Crippen LogP contribution in [0.15, 0.2) is 35.8 Å². The molecular weight excluding hydrogens is 293 g/mol. The number of nitrogens with zero attached hydrogens (tertiary/aromatic N) is 2. The van der Waals surface area contributed by atoms with Gasteiger partial charge in [0.2, 0.25) is 11.8 Å². The predicted molar refractivity (Wildman–Crippen MR) is 77.6 cm³/mol. The van der Waals surface area contributed by atoms with E-state index in [2.05, 4.69) is 10.3 Å². The van der Waals surface area contributed by atoms with Crippen molar-refractivity contribution in [2.24, 2.45) is 5.92 Å². The molecule has 2 amide bonds. The lowest BCUT2D eigenvalue weighted by atomic mass is 10.1. The van der Waals surface area contributed by atoms with Gasteiger partial charge in [-0.2, -0.15) is 0 Å². The molecule has 0 radical (unpaired) electrons. The Hall–Kier alpha value is -2.28. The van der Waals surface area contributed by atoms with Crippen molar-refractivity contribution in [3.63, 3.8) is 0 Å². The second kappa shape index (κ2) is 5.61. The third-order valence-corrected chi connectivity index (χ3v) is 3.99. The number of halogens is 1. The van der Waals surface area contributed by atoms with Crippen LogP contribution in [-0.2, 0) is 9.59 Å². The number of carbonyl (C=O) groups excluding carboxylic acids is 2. The minimum atomic E-state index is -0.499. The SMILES string of the molecule is O=C(Nc1nccs1)[C@H]1CC(=O)N(c2ccccc2F)C1. The molecule has 0 saturated carbocycles. The lowest BCUT2D eigenvalue weighted by Crippen LogP contribution is -2.28. The van der Waals surface area contributed by atoms with Gasteiger partial charge in [-0.05, 0) is 12.1 Å². The summed E-state index contributed by atoms with van der Waals surface area (Å²) in [7, 11) is 0. The van der Waals surface area contributed by atoms with Crippen molar-refractivity contribution < 1.29 is 14.0 Å². The fraction of sp³-hybridized carbons (Fsp3) is 0.214. The van der Waals surface area contributed by atoms with Gasteiger partial charge in [0.05, 0.1) is 11.6 Å². The van der Waals surface area contributed by atoms with E-state index >= 15 is 0 Å². The quantitative estimate of drug-likeness (QED) is 0.946. The summed E-state index contributed by atoms with van der Waals surface area (Å²) in [6, 6.07) is 6.06. The van der Waals surface area contributed by atoms with Gasteiger partial charge in [-0.3, -0.25) is 9.59 Å². The van der Waals surface area contributed by atoms with Crippen LogP contribution in [0.2, 0.25) is 0 Å². The summed E-state index contributed by atoms with van der Waals surface area (Å²) in [5.74, 6) is -1.48. The zero-order valence-corrected chi connectivity index (χ0v) is 11.8. The summed E-state index contributed by atoms with van der Waals surface area (Å²) in [5, 5.41) is 4.91. The van der Waals surface area contributed by atoms with Crippen molar-refractivity contribution in [1.82, 2.24) is 4.98 Å². The molecule has 1 aliphatic rings. The smallest absolute Gasteiger partial charge is 0.231 e. The average Bonchev–Trinajstić information content (AvgIpc) is 3.09. The van der Waals surface area contributed by atoms with Gasteiger partial charge in [-0.15, -0.1) is 11.3 Å². The molecule has 0 unspecified atom stereocenters. The number of para-hydroxylation sites is 1. The van der Waals surface area contributed by atoms with Gasteiger partial charge in [0.1, 0.15) is 5.82 Å². The monoisotopic (exact) mass is 305 g/mol. The molecule has 108 valence electrons. The van der Waals surface area contributed by atoms with E-state index in [-0.39, 0.29) is 30.5 Å². The van der Waals surface area contributed by atoms with Crippen LogP contribution in [-0.4, -0.2) is 23.3 Å². The summed E-state index contributed by atoms with van der Waals surface area (Å²) >= 11 is 1.31. The van der Waals surface area contributed by atoms with E-state index in [1.807, 2.05) is 0 Å². The molecule has 1 atom stereocenters. The maximum absolute atomic E-state index is 13.7. The summed E-state index contributed by atoms with van der Waals surface area (Å²) in [6.07, 6.45) is 1.66. The number of aromatic nitrogens is 1. The highest BCUT2D eigenvalue weighted by molar-refractivity contribution is 7.13. The molecule has 1 aromatic carbocycles. The Morgan fingerprint density at radius 3 is 2.95 bits per heavy atom. The lowest BCUT2D eigenvalue weighted by Gasteiger charge is -2.17. The first-order chi connectivity index (χ1) is 10.1. The maximum atomic E-state index is 13.7. The first-order valence-corrected chi connectivity index (χ1v) is 7.28. The third-order valence-electron chi connectivity index (χ3n) is 3.30. The maximum Gasteiger partial charge on any atom is 0.231 e. The average molecular weight is 305 g/mol. The van der Waals surface area contributed by atoms with Gasteiger partial charge < -0.3 is 10.2 Å². The molecule has 1 saturated heterocycles. The third kappa shape index (κ3) is 2.78. The van der Waals surface area contributed by atoms with E-state index in [0.29, 0.717) is 5.13 Å². The summed E-state index contributed by atoms with van der Waals surface area (Å²) in [6.45, 7) is 0.178.